The van der Waals surface area contributed by atoms with Crippen LogP contribution in [0.15, 0.2) is 18.3 Å². The summed E-state index contributed by atoms with van der Waals surface area (Å²) in [7, 11) is 0. The minimum atomic E-state index is 0.0600. The number of rotatable bonds is 4. The fourth-order valence-corrected chi connectivity index (χ4v) is 2.27. The monoisotopic (exact) mass is 247 g/mol. The fourth-order valence-electron chi connectivity index (χ4n) is 2.27. The van der Waals surface area contributed by atoms with Crippen molar-refractivity contribution in [3.05, 3.63) is 18.3 Å². The molecule has 1 amide bonds. The van der Waals surface area contributed by atoms with E-state index in [1.807, 2.05) is 4.90 Å². The lowest BCUT2D eigenvalue weighted by molar-refractivity contribution is -0.130. The van der Waals surface area contributed by atoms with Crippen molar-refractivity contribution < 1.29 is 9.53 Å². The summed E-state index contributed by atoms with van der Waals surface area (Å²) in [5.41, 5.74) is 0. The summed E-state index contributed by atoms with van der Waals surface area (Å²) in [5, 5.41) is 7.67. The normalized spacial score (nSPS) is 23.1. The molecule has 0 aromatic carbocycles. The maximum absolute atomic E-state index is 11.9. The van der Waals surface area contributed by atoms with Crippen LogP contribution in [0, 0.1) is 5.92 Å². The summed E-state index contributed by atoms with van der Waals surface area (Å²) in [5.74, 6) is 1.47. The Bertz CT molecular complexity index is 420. The van der Waals surface area contributed by atoms with Crippen molar-refractivity contribution in [2.45, 2.75) is 31.8 Å². The molecule has 1 aromatic heterocycles. The van der Waals surface area contributed by atoms with Crippen LogP contribution in [0.2, 0.25) is 0 Å². The van der Waals surface area contributed by atoms with Gasteiger partial charge in [-0.3, -0.25) is 4.79 Å². The van der Waals surface area contributed by atoms with E-state index in [4.69, 9.17) is 4.74 Å². The van der Waals surface area contributed by atoms with Gasteiger partial charge in [-0.15, -0.1) is 5.10 Å². The average Bonchev–Trinajstić information content (AvgIpc) is 3.07. The van der Waals surface area contributed by atoms with Crippen LogP contribution in [0.1, 0.15) is 25.7 Å². The topological polar surface area (TPSA) is 55.3 Å². The standard InChI is InChI=1S/C13H17N3O2/c17-13(8-10-3-4-10)16-7-5-11(9-16)18-12-2-1-6-14-15-12/h1-2,6,10-11H,3-5,7-9H2/t11-/m0/s1. The summed E-state index contributed by atoms with van der Waals surface area (Å²) in [6.45, 7) is 1.48. The first-order valence-corrected chi connectivity index (χ1v) is 6.53. The first-order chi connectivity index (χ1) is 8.81. The van der Waals surface area contributed by atoms with Crippen molar-refractivity contribution in [3.63, 3.8) is 0 Å². The molecular formula is C13H17N3O2. The molecular weight excluding hydrogens is 230 g/mol. The van der Waals surface area contributed by atoms with Crippen molar-refractivity contribution >= 4 is 5.91 Å². The summed E-state index contributed by atoms with van der Waals surface area (Å²) in [6.07, 6.45) is 5.72. The van der Waals surface area contributed by atoms with Crippen LogP contribution in [-0.4, -0.2) is 40.2 Å². The van der Waals surface area contributed by atoms with Gasteiger partial charge < -0.3 is 9.64 Å². The Labute approximate surface area is 106 Å². The molecule has 96 valence electrons. The van der Waals surface area contributed by atoms with Gasteiger partial charge >= 0.3 is 0 Å². The van der Waals surface area contributed by atoms with E-state index in [1.165, 1.54) is 12.8 Å². The minimum Gasteiger partial charge on any atom is -0.471 e. The summed E-state index contributed by atoms with van der Waals surface area (Å²) >= 11 is 0. The molecule has 0 unspecified atom stereocenters. The Hall–Kier alpha value is -1.65. The van der Waals surface area contributed by atoms with Gasteiger partial charge in [-0.2, -0.15) is 5.10 Å². The molecule has 1 saturated carbocycles. The lowest BCUT2D eigenvalue weighted by atomic mass is 10.2. The molecule has 2 heterocycles. The third-order valence-electron chi connectivity index (χ3n) is 3.49. The van der Waals surface area contributed by atoms with Gasteiger partial charge in [0.1, 0.15) is 6.10 Å². The predicted molar refractivity (Wildman–Crippen MR) is 65.0 cm³/mol. The number of hydrogen-bond donors (Lipinski definition) is 0. The van der Waals surface area contributed by atoms with E-state index in [2.05, 4.69) is 10.2 Å². The highest BCUT2D eigenvalue weighted by Crippen LogP contribution is 2.33. The van der Waals surface area contributed by atoms with Crippen molar-refractivity contribution in [3.8, 4) is 5.88 Å². The molecule has 18 heavy (non-hydrogen) atoms. The number of aromatic nitrogens is 2. The summed E-state index contributed by atoms with van der Waals surface area (Å²) in [4.78, 5) is 13.9. The molecule has 5 heteroatoms. The van der Waals surface area contributed by atoms with Gasteiger partial charge in [-0.05, 0) is 24.8 Å². The second-order valence-corrected chi connectivity index (χ2v) is 5.08. The van der Waals surface area contributed by atoms with Gasteiger partial charge in [0.05, 0.1) is 6.54 Å². The van der Waals surface area contributed by atoms with E-state index in [0.29, 0.717) is 18.3 Å². The van der Waals surface area contributed by atoms with Crippen LogP contribution >= 0.6 is 0 Å². The van der Waals surface area contributed by atoms with Crippen LogP contribution < -0.4 is 4.74 Å². The van der Waals surface area contributed by atoms with Gasteiger partial charge in [-0.25, -0.2) is 0 Å². The first-order valence-electron chi connectivity index (χ1n) is 6.53. The van der Waals surface area contributed by atoms with Crippen molar-refractivity contribution in [1.29, 1.82) is 0 Å². The molecule has 2 fully saturated rings. The number of carbonyl (C=O) groups excluding carboxylic acids is 1. The maximum Gasteiger partial charge on any atom is 0.233 e. The average molecular weight is 247 g/mol. The second-order valence-electron chi connectivity index (χ2n) is 5.08. The zero-order valence-electron chi connectivity index (χ0n) is 10.3. The maximum atomic E-state index is 11.9. The largest absolute Gasteiger partial charge is 0.471 e. The highest BCUT2D eigenvalue weighted by Gasteiger charge is 2.31. The number of amides is 1. The molecule has 0 bridgehead atoms. The minimum absolute atomic E-state index is 0.0600. The molecule has 2 aliphatic rings. The Balaban J connectivity index is 1.50. The third-order valence-corrected chi connectivity index (χ3v) is 3.49. The van der Waals surface area contributed by atoms with E-state index in [0.717, 1.165) is 19.4 Å². The van der Waals surface area contributed by atoms with Crippen LogP contribution in [0.5, 0.6) is 5.88 Å². The number of carbonyl (C=O) groups is 1. The van der Waals surface area contributed by atoms with E-state index in [9.17, 15) is 4.79 Å². The third kappa shape index (κ3) is 2.78. The van der Waals surface area contributed by atoms with Gasteiger partial charge in [0, 0.05) is 31.6 Å². The van der Waals surface area contributed by atoms with E-state index < -0.39 is 0 Å². The highest BCUT2D eigenvalue weighted by molar-refractivity contribution is 5.77. The van der Waals surface area contributed by atoms with Gasteiger partial charge in [0.15, 0.2) is 0 Å². The molecule has 0 radical (unpaired) electrons. The fraction of sp³-hybridized carbons (Fsp3) is 0.615. The zero-order chi connectivity index (χ0) is 12.4. The summed E-state index contributed by atoms with van der Waals surface area (Å²) in [6, 6.07) is 3.59. The number of nitrogens with zero attached hydrogens (tertiary/aromatic N) is 3. The molecule has 1 saturated heterocycles. The van der Waals surface area contributed by atoms with E-state index in [1.54, 1.807) is 18.3 Å². The lowest BCUT2D eigenvalue weighted by Gasteiger charge is -2.16. The van der Waals surface area contributed by atoms with Crippen molar-refractivity contribution in [2.24, 2.45) is 5.92 Å². The summed E-state index contributed by atoms with van der Waals surface area (Å²) < 4.78 is 5.71. The van der Waals surface area contributed by atoms with E-state index in [-0.39, 0.29) is 12.0 Å². The van der Waals surface area contributed by atoms with Crippen LogP contribution in [0.4, 0.5) is 0 Å². The SMILES string of the molecule is O=C(CC1CC1)N1CC[C@H](Oc2cccnn2)C1. The van der Waals surface area contributed by atoms with Crippen LogP contribution in [0.25, 0.3) is 0 Å². The molecule has 1 aliphatic heterocycles. The quantitative estimate of drug-likeness (QED) is 0.803. The van der Waals surface area contributed by atoms with Crippen LogP contribution in [-0.2, 0) is 4.79 Å². The molecule has 3 rings (SSSR count). The van der Waals surface area contributed by atoms with Crippen LogP contribution in [0.3, 0.4) is 0 Å². The van der Waals surface area contributed by atoms with Gasteiger partial charge in [0.25, 0.3) is 0 Å². The number of ether oxygens (including phenoxy) is 1. The number of hydrogen-bond acceptors (Lipinski definition) is 4. The van der Waals surface area contributed by atoms with Gasteiger partial charge in [0.2, 0.25) is 11.8 Å². The molecule has 0 spiro atoms. The Morgan fingerprint density at radius 2 is 2.33 bits per heavy atom. The Kier molecular flexibility index (Phi) is 3.13. The highest BCUT2D eigenvalue weighted by atomic mass is 16.5. The predicted octanol–water partition coefficient (Wildman–Crippen LogP) is 1.26. The molecule has 1 atom stereocenters. The van der Waals surface area contributed by atoms with Gasteiger partial charge in [-0.1, -0.05) is 0 Å². The van der Waals surface area contributed by atoms with E-state index >= 15 is 0 Å². The molecule has 1 aliphatic carbocycles. The van der Waals surface area contributed by atoms with Crippen molar-refractivity contribution in [1.82, 2.24) is 15.1 Å². The first kappa shape index (κ1) is 11.4. The molecule has 0 N–H and O–H groups in total. The van der Waals surface area contributed by atoms with Crippen molar-refractivity contribution in [2.75, 3.05) is 13.1 Å². The Morgan fingerprint density at radius 1 is 1.44 bits per heavy atom. The zero-order valence-corrected chi connectivity index (χ0v) is 10.3. The molecule has 1 aromatic rings. The second kappa shape index (κ2) is 4.92. The Morgan fingerprint density at radius 3 is 3.06 bits per heavy atom. The lowest BCUT2D eigenvalue weighted by Crippen LogP contribution is -2.31. The smallest absolute Gasteiger partial charge is 0.233 e. The number of likely N-dealkylation sites (tertiary alicyclic amines) is 1. The molecule has 5 nitrogen and oxygen atoms in total.